The van der Waals surface area contributed by atoms with E-state index < -0.39 is 0 Å². The zero-order valence-corrected chi connectivity index (χ0v) is 13.0. The van der Waals surface area contributed by atoms with Gasteiger partial charge in [-0.2, -0.15) is 0 Å². The Morgan fingerprint density at radius 3 is 2.33 bits per heavy atom. The van der Waals surface area contributed by atoms with Crippen LogP contribution in [0.4, 0.5) is 0 Å². The molecule has 0 aliphatic rings. The maximum Gasteiger partial charge on any atom is 0.134 e. The number of alkyl halides is 1. The fourth-order valence-corrected chi connectivity index (χ4v) is 2.16. The standard InChI is InChI=1S/C10H11Br3O2/c1-14-9-5-8(13)10(6-7(9)12)15-4-2-3-11/h5-6H,2-4H2,1H3. The maximum atomic E-state index is 5.60. The SMILES string of the molecule is COc1cc(Br)c(OCCCBr)cc1Br. The largest absolute Gasteiger partial charge is 0.496 e. The minimum atomic E-state index is 0.697. The summed E-state index contributed by atoms with van der Waals surface area (Å²) in [6.07, 6.45) is 0.982. The van der Waals surface area contributed by atoms with Gasteiger partial charge in [-0.05, 0) is 50.4 Å². The molecule has 0 aromatic heterocycles. The summed E-state index contributed by atoms with van der Waals surface area (Å²) in [5, 5.41) is 0.946. The molecule has 15 heavy (non-hydrogen) atoms. The minimum absolute atomic E-state index is 0.697. The summed E-state index contributed by atoms with van der Waals surface area (Å²) in [4.78, 5) is 0. The molecule has 0 fully saturated rings. The summed E-state index contributed by atoms with van der Waals surface area (Å²) in [7, 11) is 1.64. The van der Waals surface area contributed by atoms with Gasteiger partial charge in [-0.15, -0.1) is 0 Å². The molecule has 0 atom stereocenters. The van der Waals surface area contributed by atoms with Crippen molar-refractivity contribution in [3.8, 4) is 11.5 Å². The average Bonchev–Trinajstić information content (AvgIpc) is 2.23. The molecule has 0 spiro atoms. The molecule has 0 bridgehead atoms. The number of benzene rings is 1. The van der Waals surface area contributed by atoms with Crippen molar-refractivity contribution in [2.24, 2.45) is 0 Å². The number of hydrogen-bond donors (Lipinski definition) is 0. The molecule has 0 heterocycles. The van der Waals surface area contributed by atoms with E-state index in [4.69, 9.17) is 9.47 Å². The van der Waals surface area contributed by atoms with Gasteiger partial charge in [0.15, 0.2) is 0 Å². The molecule has 0 aliphatic heterocycles. The molecule has 2 nitrogen and oxygen atoms in total. The predicted molar refractivity (Wildman–Crippen MR) is 72.3 cm³/mol. The highest BCUT2D eigenvalue weighted by Gasteiger charge is 2.07. The zero-order chi connectivity index (χ0) is 11.3. The summed E-state index contributed by atoms with van der Waals surface area (Å²) in [5.74, 6) is 1.61. The van der Waals surface area contributed by atoms with Crippen LogP contribution in [0.5, 0.6) is 11.5 Å². The van der Waals surface area contributed by atoms with E-state index in [1.165, 1.54) is 0 Å². The Labute approximate surface area is 115 Å². The molecule has 1 aromatic rings. The molecule has 0 saturated heterocycles. The molecule has 84 valence electrons. The predicted octanol–water partition coefficient (Wildman–Crippen LogP) is 4.38. The van der Waals surface area contributed by atoms with Gasteiger partial charge in [0.1, 0.15) is 11.5 Å². The highest BCUT2D eigenvalue weighted by atomic mass is 79.9. The van der Waals surface area contributed by atoms with Crippen molar-refractivity contribution in [2.75, 3.05) is 19.0 Å². The lowest BCUT2D eigenvalue weighted by Gasteiger charge is -2.10. The lowest BCUT2D eigenvalue weighted by atomic mass is 10.3. The molecule has 0 radical (unpaired) electrons. The third-order valence-electron chi connectivity index (χ3n) is 1.74. The first-order valence-corrected chi connectivity index (χ1v) is 7.11. The fourth-order valence-electron chi connectivity index (χ4n) is 1.01. The normalized spacial score (nSPS) is 10.1. The van der Waals surface area contributed by atoms with Gasteiger partial charge in [-0.25, -0.2) is 0 Å². The average molecular weight is 403 g/mol. The number of rotatable bonds is 5. The molecule has 0 amide bonds. The topological polar surface area (TPSA) is 18.5 Å². The molecule has 0 unspecified atom stereocenters. The van der Waals surface area contributed by atoms with Gasteiger partial charge in [0.2, 0.25) is 0 Å². The van der Waals surface area contributed by atoms with Crippen LogP contribution in [0.3, 0.4) is 0 Å². The molecule has 1 aromatic carbocycles. The van der Waals surface area contributed by atoms with Crippen molar-refractivity contribution < 1.29 is 9.47 Å². The van der Waals surface area contributed by atoms with Crippen LogP contribution in [-0.2, 0) is 0 Å². The van der Waals surface area contributed by atoms with Crippen LogP contribution in [0.25, 0.3) is 0 Å². The Kier molecular flexibility index (Phi) is 6.00. The first-order valence-electron chi connectivity index (χ1n) is 4.41. The number of halogens is 3. The van der Waals surface area contributed by atoms with E-state index in [0.29, 0.717) is 6.61 Å². The molecule has 0 aliphatic carbocycles. The van der Waals surface area contributed by atoms with Crippen molar-refractivity contribution in [3.63, 3.8) is 0 Å². The van der Waals surface area contributed by atoms with Crippen molar-refractivity contribution in [1.29, 1.82) is 0 Å². The lowest BCUT2D eigenvalue weighted by Crippen LogP contribution is -1.98. The molecule has 0 saturated carbocycles. The van der Waals surface area contributed by atoms with Crippen molar-refractivity contribution >= 4 is 47.8 Å². The minimum Gasteiger partial charge on any atom is -0.496 e. The molecule has 0 N–H and O–H groups in total. The van der Waals surface area contributed by atoms with Crippen LogP contribution in [0.15, 0.2) is 21.1 Å². The number of methoxy groups -OCH3 is 1. The summed E-state index contributed by atoms with van der Waals surface area (Å²) in [6, 6.07) is 3.78. The van der Waals surface area contributed by atoms with E-state index in [-0.39, 0.29) is 0 Å². The van der Waals surface area contributed by atoms with Crippen LogP contribution in [0.1, 0.15) is 6.42 Å². The number of ether oxygens (including phenoxy) is 2. The van der Waals surface area contributed by atoms with Crippen LogP contribution in [-0.4, -0.2) is 19.0 Å². The molecule has 1 rings (SSSR count). The van der Waals surface area contributed by atoms with Gasteiger partial charge in [0, 0.05) is 5.33 Å². The van der Waals surface area contributed by atoms with Crippen LogP contribution in [0.2, 0.25) is 0 Å². The maximum absolute atomic E-state index is 5.60. The van der Waals surface area contributed by atoms with E-state index in [9.17, 15) is 0 Å². The number of hydrogen-bond acceptors (Lipinski definition) is 2. The van der Waals surface area contributed by atoms with E-state index in [1.807, 2.05) is 12.1 Å². The summed E-state index contributed by atoms with van der Waals surface area (Å²) < 4.78 is 12.6. The van der Waals surface area contributed by atoms with Gasteiger partial charge in [0.25, 0.3) is 0 Å². The quantitative estimate of drug-likeness (QED) is 0.537. The monoisotopic (exact) mass is 400 g/mol. The van der Waals surface area contributed by atoms with Gasteiger partial charge in [-0.3, -0.25) is 0 Å². The Hall–Kier alpha value is 0.260. The Balaban J connectivity index is 2.76. The molecule has 5 heteroatoms. The Morgan fingerprint density at radius 1 is 1.13 bits per heavy atom. The third-order valence-corrected chi connectivity index (χ3v) is 3.54. The lowest BCUT2D eigenvalue weighted by molar-refractivity contribution is 0.316. The highest BCUT2D eigenvalue weighted by Crippen LogP contribution is 2.35. The first kappa shape index (κ1) is 13.3. The van der Waals surface area contributed by atoms with Crippen LogP contribution < -0.4 is 9.47 Å². The zero-order valence-electron chi connectivity index (χ0n) is 8.23. The van der Waals surface area contributed by atoms with Crippen molar-refractivity contribution in [3.05, 3.63) is 21.1 Å². The third kappa shape index (κ3) is 3.96. The van der Waals surface area contributed by atoms with Crippen molar-refractivity contribution in [2.45, 2.75) is 6.42 Å². The Bertz CT molecular complexity index is 329. The first-order chi connectivity index (χ1) is 7.19. The van der Waals surface area contributed by atoms with Gasteiger partial charge in [-0.1, -0.05) is 15.9 Å². The second-order valence-electron chi connectivity index (χ2n) is 2.81. The van der Waals surface area contributed by atoms with Crippen LogP contribution >= 0.6 is 47.8 Å². The van der Waals surface area contributed by atoms with Crippen LogP contribution in [0, 0.1) is 0 Å². The van der Waals surface area contributed by atoms with E-state index in [0.717, 1.165) is 32.2 Å². The highest BCUT2D eigenvalue weighted by molar-refractivity contribution is 9.11. The van der Waals surface area contributed by atoms with Gasteiger partial charge in [0.05, 0.1) is 22.7 Å². The molecular weight excluding hydrogens is 392 g/mol. The van der Waals surface area contributed by atoms with E-state index in [1.54, 1.807) is 7.11 Å². The smallest absolute Gasteiger partial charge is 0.134 e. The van der Waals surface area contributed by atoms with Gasteiger partial charge >= 0.3 is 0 Å². The van der Waals surface area contributed by atoms with E-state index in [2.05, 4.69) is 47.8 Å². The second-order valence-corrected chi connectivity index (χ2v) is 5.31. The summed E-state index contributed by atoms with van der Waals surface area (Å²) in [6.45, 7) is 0.697. The Morgan fingerprint density at radius 2 is 1.73 bits per heavy atom. The van der Waals surface area contributed by atoms with E-state index >= 15 is 0 Å². The second kappa shape index (κ2) is 6.76. The summed E-state index contributed by atoms with van der Waals surface area (Å²) >= 11 is 10.2. The van der Waals surface area contributed by atoms with Crippen molar-refractivity contribution in [1.82, 2.24) is 0 Å². The van der Waals surface area contributed by atoms with Gasteiger partial charge < -0.3 is 9.47 Å². The fraction of sp³-hybridized carbons (Fsp3) is 0.400. The summed E-state index contributed by atoms with van der Waals surface area (Å²) in [5.41, 5.74) is 0. The molecular formula is C10H11Br3O2.